The molecule has 0 bridgehead atoms. The minimum Gasteiger partial charge on any atom is -0.340 e. The summed E-state index contributed by atoms with van der Waals surface area (Å²) in [5.41, 5.74) is 2.56. The lowest BCUT2D eigenvalue weighted by atomic mass is 10.0. The van der Waals surface area contributed by atoms with Crippen LogP contribution in [0.1, 0.15) is 24.5 Å². The summed E-state index contributed by atoms with van der Waals surface area (Å²) < 4.78 is 0. The van der Waals surface area contributed by atoms with Gasteiger partial charge in [0.05, 0.1) is 0 Å². The molecule has 2 rings (SSSR count). The van der Waals surface area contributed by atoms with E-state index in [0.29, 0.717) is 12.5 Å². The molecule has 1 aliphatic heterocycles. The van der Waals surface area contributed by atoms with Gasteiger partial charge in [-0.25, -0.2) is 0 Å². The SMILES string of the molecule is Cc1ccccc1CCC(=O)N1CCN[C@H](C)C1. The first-order valence-electron chi connectivity index (χ1n) is 6.72. The van der Waals surface area contributed by atoms with Gasteiger partial charge in [0.25, 0.3) is 0 Å². The van der Waals surface area contributed by atoms with Gasteiger partial charge in [0.1, 0.15) is 0 Å². The number of piperazine rings is 1. The Morgan fingerprint density at radius 1 is 1.44 bits per heavy atom. The fourth-order valence-electron chi connectivity index (χ4n) is 2.45. The normalized spacial score (nSPS) is 19.9. The average molecular weight is 246 g/mol. The molecular weight excluding hydrogens is 224 g/mol. The van der Waals surface area contributed by atoms with E-state index in [0.717, 1.165) is 26.1 Å². The molecule has 0 unspecified atom stereocenters. The van der Waals surface area contributed by atoms with Gasteiger partial charge in [-0.3, -0.25) is 4.79 Å². The number of aryl methyl sites for hydroxylation is 2. The Labute approximate surface area is 109 Å². The molecule has 1 aromatic carbocycles. The van der Waals surface area contributed by atoms with Gasteiger partial charge in [-0.2, -0.15) is 0 Å². The molecule has 0 aromatic heterocycles. The lowest BCUT2D eigenvalue weighted by molar-refractivity contribution is -0.132. The number of hydrogen-bond acceptors (Lipinski definition) is 2. The van der Waals surface area contributed by atoms with Gasteiger partial charge in [-0.05, 0) is 31.4 Å². The highest BCUT2D eigenvalue weighted by Crippen LogP contribution is 2.11. The molecule has 3 heteroatoms. The highest BCUT2D eigenvalue weighted by molar-refractivity contribution is 5.76. The third-order valence-electron chi connectivity index (χ3n) is 3.59. The van der Waals surface area contributed by atoms with Crippen molar-refractivity contribution in [1.82, 2.24) is 10.2 Å². The molecule has 98 valence electrons. The van der Waals surface area contributed by atoms with Crippen LogP contribution >= 0.6 is 0 Å². The second kappa shape index (κ2) is 6.01. The second-order valence-electron chi connectivity index (χ2n) is 5.12. The van der Waals surface area contributed by atoms with Crippen LogP contribution < -0.4 is 5.32 Å². The summed E-state index contributed by atoms with van der Waals surface area (Å²) >= 11 is 0. The van der Waals surface area contributed by atoms with Crippen LogP contribution in [0.4, 0.5) is 0 Å². The fraction of sp³-hybridized carbons (Fsp3) is 0.533. The van der Waals surface area contributed by atoms with E-state index in [9.17, 15) is 4.79 Å². The molecule has 0 aliphatic carbocycles. The smallest absolute Gasteiger partial charge is 0.222 e. The maximum Gasteiger partial charge on any atom is 0.222 e. The summed E-state index contributed by atoms with van der Waals surface area (Å²) in [6, 6.07) is 8.72. The van der Waals surface area contributed by atoms with Gasteiger partial charge >= 0.3 is 0 Å². The molecule has 1 fully saturated rings. The molecule has 0 saturated carbocycles. The van der Waals surface area contributed by atoms with Crippen molar-refractivity contribution in [3.8, 4) is 0 Å². The van der Waals surface area contributed by atoms with Gasteiger partial charge < -0.3 is 10.2 Å². The van der Waals surface area contributed by atoms with Crippen LogP contribution in [0.25, 0.3) is 0 Å². The number of hydrogen-bond donors (Lipinski definition) is 1. The van der Waals surface area contributed by atoms with Gasteiger partial charge in [0, 0.05) is 32.1 Å². The minimum absolute atomic E-state index is 0.284. The number of nitrogens with zero attached hydrogens (tertiary/aromatic N) is 1. The van der Waals surface area contributed by atoms with E-state index >= 15 is 0 Å². The predicted octanol–water partition coefficient (Wildman–Crippen LogP) is 1.75. The standard InChI is InChI=1S/C15H22N2O/c1-12-5-3-4-6-14(12)7-8-15(18)17-10-9-16-13(2)11-17/h3-6,13,16H,7-11H2,1-2H3/t13-/m1/s1. The molecule has 1 aromatic rings. The van der Waals surface area contributed by atoms with Crippen LogP contribution in [-0.4, -0.2) is 36.5 Å². The Morgan fingerprint density at radius 2 is 2.22 bits per heavy atom. The molecule has 1 N–H and O–H groups in total. The Hall–Kier alpha value is -1.35. The van der Waals surface area contributed by atoms with Crippen molar-refractivity contribution in [2.75, 3.05) is 19.6 Å². The number of benzene rings is 1. The third-order valence-corrected chi connectivity index (χ3v) is 3.59. The molecule has 1 aliphatic rings. The number of carbonyl (C=O) groups is 1. The van der Waals surface area contributed by atoms with E-state index in [4.69, 9.17) is 0 Å². The van der Waals surface area contributed by atoms with E-state index in [1.54, 1.807) is 0 Å². The number of nitrogens with one attached hydrogen (secondary N) is 1. The second-order valence-corrected chi connectivity index (χ2v) is 5.12. The van der Waals surface area contributed by atoms with E-state index in [-0.39, 0.29) is 5.91 Å². The van der Waals surface area contributed by atoms with Gasteiger partial charge in [-0.1, -0.05) is 24.3 Å². The maximum absolute atomic E-state index is 12.1. The quantitative estimate of drug-likeness (QED) is 0.881. The van der Waals surface area contributed by atoms with Crippen molar-refractivity contribution >= 4 is 5.91 Å². The Balaban J connectivity index is 1.86. The predicted molar refractivity (Wildman–Crippen MR) is 73.5 cm³/mol. The first kappa shape index (κ1) is 13.1. The highest BCUT2D eigenvalue weighted by atomic mass is 16.2. The van der Waals surface area contributed by atoms with E-state index in [1.165, 1.54) is 11.1 Å². The molecule has 1 heterocycles. The van der Waals surface area contributed by atoms with Crippen molar-refractivity contribution in [3.05, 3.63) is 35.4 Å². The first-order chi connectivity index (χ1) is 8.66. The molecule has 18 heavy (non-hydrogen) atoms. The number of carbonyl (C=O) groups excluding carboxylic acids is 1. The van der Waals surface area contributed by atoms with Crippen LogP contribution in [0.3, 0.4) is 0 Å². The Kier molecular flexibility index (Phi) is 4.37. The molecule has 0 spiro atoms. The number of rotatable bonds is 3. The third kappa shape index (κ3) is 3.33. The van der Waals surface area contributed by atoms with Crippen LogP contribution in [-0.2, 0) is 11.2 Å². The van der Waals surface area contributed by atoms with Crippen LogP contribution in [0, 0.1) is 6.92 Å². The zero-order chi connectivity index (χ0) is 13.0. The molecule has 0 radical (unpaired) electrons. The van der Waals surface area contributed by atoms with Crippen molar-refractivity contribution in [3.63, 3.8) is 0 Å². The lowest BCUT2D eigenvalue weighted by Gasteiger charge is -2.32. The molecular formula is C15H22N2O. The summed E-state index contributed by atoms with van der Waals surface area (Å²) in [5.74, 6) is 0.284. The van der Waals surface area contributed by atoms with Crippen molar-refractivity contribution in [1.29, 1.82) is 0 Å². The van der Waals surface area contributed by atoms with Crippen molar-refractivity contribution < 1.29 is 4.79 Å². The summed E-state index contributed by atoms with van der Waals surface area (Å²) in [4.78, 5) is 14.1. The maximum atomic E-state index is 12.1. The van der Waals surface area contributed by atoms with Crippen molar-refractivity contribution in [2.45, 2.75) is 32.7 Å². The fourth-order valence-corrected chi connectivity index (χ4v) is 2.45. The topological polar surface area (TPSA) is 32.3 Å². The van der Waals surface area contributed by atoms with E-state index in [1.807, 2.05) is 17.0 Å². The zero-order valence-electron chi connectivity index (χ0n) is 11.3. The van der Waals surface area contributed by atoms with Gasteiger partial charge in [0.15, 0.2) is 0 Å². The highest BCUT2D eigenvalue weighted by Gasteiger charge is 2.19. The summed E-state index contributed by atoms with van der Waals surface area (Å²) in [6.07, 6.45) is 1.47. The van der Waals surface area contributed by atoms with Crippen molar-refractivity contribution in [2.24, 2.45) is 0 Å². The van der Waals surface area contributed by atoms with Gasteiger partial charge in [-0.15, -0.1) is 0 Å². The first-order valence-corrected chi connectivity index (χ1v) is 6.72. The summed E-state index contributed by atoms with van der Waals surface area (Å²) in [5, 5.41) is 3.36. The Morgan fingerprint density at radius 3 is 2.94 bits per heavy atom. The van der Waals surface area contributed by atoms with Crippen LogP contribution in [0.5, 0.6) is 0 Å². The largest absolute Gasteiger partial charge is 0.340 e. The van der Waals surface area contributed by atoms with E-state index < -0.39 is 0 Å². The molecule has 1 amide bonds. The summed E-state index contributed by atoms with van der Waals surface area (Å²) in [7, 11) is 0. The molecule has 1 saturated heterocycles. The molecule has 1 atom stereocenters. The number of amides is 1. The summed E-state index contributed by atoms with van der Waals surface area (Å²) in [6.45, 7) is 6.83. The van der Waals surface area contributed by atoms with Crippen LogP contribution in [0.2, 0.25) is 0 Å². The zero-order valence-corrected chi connectivity index (χ0v) is 11.3. The minimum atomic E-state index is 0.284. The van der Waals surface area contributed by atoms with Crippen LogP contribution in [0.15, 0.2) is 24.3 Å². The monoisotopic (exact) mass is 246 g/mol. The van der Waals surface area contributed by atoms with E-state index in [2.05, 4.69) is 31.3 Å². The molecule has 3 nitrogen and oxygen atoms in total. The van der Waals surface area contributed by atoms with Gasteiger partial charge in [0.2, 0.25) is 5.91 Å². The average Bonchev–Trinajstić information content (AvgIpc) is 2.37. The Bertz CT molecular complexity index is 417. The lowest BCUT2D eigenvalue weighted by Crippen LogP contribution is -2.51.